The van der Waals surface area contributed by atoms with Gasteiger partial charge in [0.1, 0.15) is 11.4 Å². The largest absolute Gasteiger partial charge is 0.439 e. The molecule has 2 rings (SSSR count). The highest BCUT2D eigenvalue weighted by Crippen LogP contribution is 2.18. The molecule has 0 radical (unpaired) electrons. The van der Waals surface area contributed by atoms with Crippen molar-refractivity contribution in [2.45, 2.75) is 26.7 Å². The van der Waals surface area contributed by atoms with Crippen LogP contribution in [0.3, 0.4) is 0 Å². The Bertz CT molecular complexity index is 597. The number of para-hydroxylation sites is 1. The molecule has 1 heterocycles. The molecule has 1 amide bonds. The van der Waals surface area contributed by atoms with Crippen LogP contribution >= 0.6 is 0 Å². The van der Waals surface area contributed by atoms with Crippen LogP contribution in [-0.4, -0.2) is 17.4 Å². The van der Waals surface area contributed by atoms with Gasteiger partial charge in [-0.25, -0.2) is 4.98 Å². The predicted octanol–water partition coefficient (Wildman–Crippen LogP) is 4.04. The van der Waals surface area contributed by atoms with Crippen molar-refractivity contribution >= 4 is 5.91 Å². The summed E-state index contributed by atoms with van der Waals surface area (Å²) in [4.78, 5) is 16.3. The maximum absolute atomic E-state index is 12.1. The lowest BCUT2D eigenvalue weighted by atomic mass is 10.1. The molecule has 0 saturated heterocycles. The standard InChI is InChI=1S/C18H22N2O2/c1-14(2)8-7-13-19-18(21)16-11-6-12-17(20-16)22-15-9-4-3-5-10-15/h3-6,9-12,14H,7-8,13H2,1-2H3,(H,19,21). The molecule has 4 heteroatoms. The zero-order chi connectivity index (χ0) is 15.8. The number of benzene rings is 1. The van der Waals surface area contributed by atoms with E-state index >= 15 is 0 Å². The summed E-state index contributed by atoms with van der Waals surface area (Å²) in [6.45, 7) is 5.02. The van der Waals surface area contributed by atoms with Crippen molar-refractivity contribution in [3.05, 3.63) is 54.2 Å². The first-order valence-corrected chi connectivity index (χ1v) is 7.63. The molecule has 0 aliphatic heterocycles. The minimum Gasteiger partial charge on any atom is -0.439 e. The molecule has 4 nitrogen and oxygen atoms in total. The lowest BCUT2D eigenvalue weighted by molar-refractivity contribution is 0.0947. The number of rotatable bonds is 7. The molecule has 0 spiro atoms. The summed E-state index contributed by atoms with van der Waals surface area (Å²) in [5, 5.41) is 2.89. The van der Waals surface area contributed by atoms with Gasteiger partial charge in [-0.15, -0.1) is 0 Å². The van der Waals surface area contributed by atoms with Gasteiger partial charge in [0.2, 0.25) is 5.88 Å². The Morgan fingerprint density at radius 3 is 2.64 bits per heavy atom. The lowest BCUT2D eigenvalue weighted by Gasteiger charge is -2.08. The van der Waals surface area contributed by atoms with E-state index in [9.17, 15) is 4.79 Å². The van der Waals surface area contributed by atoms with Gasteiger partial charge in [-0.1, -0.05) is 38.1 Å². The van der Waals surface area contributed by atoms with Gasteiger partial charge >= 0.3 is 0 Å². The highest BCUT2D eigenvalue weighted by molar-refractivity contribution is 5.92. The van der Waals surface area contributed by atoms with Crippen LogP contribution in [0.15, 0.2) is 48.5 Å². The normalized spacial score (nSPS) is 10.5. The van der Waals surface area contributed by atoms with Gasteiger partial charge in [0, 0.05) is 12.6 Å². The Kier molecular flexibility index (Phi) is 5.95. The number of aromatic nitrogens is 1. The summed E-state index contributed by atoms with van der Waals surface area (Å²) in [5.74, 6) is 1.60. The smallest absolute Gasteiger partial charge is 0.270 e. The van der Waals surface area contributed by atoms with Crippen molar-refractivity contribution in [2.75, 3.05) is 6.54 Å². The number of amides is 1. The molecule has 1 aromatic heterocycles. The van der Waals surface area contributed by atoms with E-state index in [1.54, 1.807) is 18.2 Å². The second-order valence-corrected chi connectivity index (χ2v) is 5.57. The van der Waals surface area contributed by atoms with Gasteiger partial charge in [0.15, 0.2) is 0 Å². The molecule has 0 fully saturated rings. The molecule has 0 saturated carbocycles. The molecule has 1 aromatic carbocycles. The molecule has 0 aliphatic carbocycles. The van der Waals surface area contributed by atoms with Crippen LogP contribution in [0.25, 0.3) is 0 Å². The summed E-state index contributed by atoms with van der Waals surface area (Å²) >= 11 is 0. The van der Waals surface area contributed by atoms with Crippen molar-refractivity contribution < 1.29 is 9.53 Å². The van der Waals surface area contributed by atoms with Gasteiger partial charge in [-0.2, -0.15) is 0 Å². The molecule has 0 bridgehead atoms. The van der Waals surface area contributed by atoms with Gasteiger partial charge < -0.3 is 10.1 Å². The fourth-order valence-electron chi connectivity index (χ4n) is 2.01. The van der Waals surface area contributed by atoms with E-state index in [0.29, 0.717) is 29.8 Å². The minimum atomic E-state index is -0.165. The summed E-state index contributed by atoms with van der Waals surface area (Å²) in [7, 11) is 0. The van der Waals surface area contributed by atoms with Gasteiger partial charge in [0.25, 0.3) is 5.91 Å². The highest BCUT2D eigenvalue weighted by Gasteiger charge is 2.08. The van der Waals surface area contributed by atoms with E-state index < -0.39 is 0 Å². The molecule has 116 valence electrons. The fourth-order valence-corrected chi connectivity index (χ4v) is 2.01. The van der Waals surface area contributed by atoms with Crippen molar-refractivity contribution in [1.82, 2.24) is 10.3 Å². The number of hydrogen-bond acceptors (Lipinski definition) is 3. The maximum atomic E-state index is 12.1. The Balaban J connectivity index is 1.91. The molecular weight excluding hydrogens is 276 g/mol. The summed E-state index contributed by atoms with van der Waals surface area (Å²) in [6, 6.07) is 14.6. The number of nitrogens with zero attached hydrogens (tertiary/aromatic N) is 1. The summed E-state index contributed by atoms with van der Waals surface area (Å²) < 4.78 is 5.64. The van der Waals surface area contributed by atoms with Crippen molar-refractivity contribution in [2.24, 2.45) is 5.92 Å². The summed E-state index contributed by atoms with van der Waals surface area (Å²) in [5.41, 5.74) is 0.373. The third kappa shape index (κ3) is 5.20. The van der Waals surface area contributed by atoms with Crippen LogP contribution in [0.5, 0.6) is 11.6 Å². The van der Waals surface area contributed by atoms with Gasteiger partial charge in [0.05, 0.1) is 0 Å². The zero-order valence-electron chi connectivity index (χ0n) is 13.1. The number of hydrogen-bond donors (Lipinski definition) is 1. The second-order valence-electron chi connectivity index (χ2n) is 5.57. The zero-order valence-corrected chi connectivity index (χ0v) is 13.1. The molecule has 0 aliphatic rings. The fraction of sp³-hybridized carbons (Fsp3) is 0.333. The molecule has 1 N–H and O–H groups in total. The minimum absolute atomic E-state index is 0.165. The SMILES string of the molecule is CC(C)CCCNC(=O)c1cccc(Oc2ccccc2)n1. The van der Waals surface area contributed by atoms with E-state index in [4.69, 9.17) is 4.74 Å². The average molecular weight is 298 g/mol. The monoisotopic (exact) mass is 298 g/mol. The van der Waals surface area contributed by atoms with Crippen LogP contribution in [0.2, 0.25) is 0 Å². The molecule has 0 atom stereocenters. The summed E-state index contributed by atoms with van der Waals surface area (Å²) in [6.07, 6.45) is 2.08. The molecule has 0 unspecified atom stereocenters. The van der Waals surface area contributed by atoms with E-state index in [1.165, 1.54) is 0 Å². The topological polar surface area (TPSA) is 51.2 Å². The van der Waals surface area contributed by atoms with E-state index in [1.807, 2.05) is 30.3 Å². The Morgan fingerprint density at radius 1 is 1.14 bits per heavy atom. The number of nitrogens with one attached hydrogen (secondary N) is 1. The first-order chi connectivity index (χ1) is 10.6. The van der Waals surface area contributed by atoms with Crippen molar-refractivity contribution in [1.29, 1.82) is 0 Å². The van der Waals surface area contributed by atoms with Crippen molar-refractivity contribution in [3.8, 4) is 11.6 Å². The quantitative estimate of drug-likeness (QED) is 0.785. The van der Waals surface area contributed by atoms with Crippen LogP contribution < -0.4 is 10.1 Å². The first kappa shape index (κ1) is 16.0. The molecule has 2 aromatic rings. The number of carbonyl (C=O) groups is 1. The number of pyridine rings is 1. The van der Waals surface area contributed by atoms with Crippen LogP contribution in [-0.2, 0) is 0 Å². The van der Waals surface area contributed by atoms with Crippen molar-refractivity contribution in [3.63, 3.8) is 0 Å². The van der Waals surface area contributed by atoms with Crippen LogP contribution in [0.4, 0.5) is 0 Å². The van der Waals surface area contributed by atoms with Crippen LogP contribution in [0, 0.1) is 5.92 Å². The Morgan fingerprint density at radius 2 is 1.91 bits per heavy atom. The van der Waals surface area contributed by atoms with Gasteiger partial charge in [-0.3, -0.25) is 4.79 Å². The average Bonchev–Trinajstić information content (AvgIpc) is 2.52. The first-order valence-electron chi connectivity index (χ1n) is 7.63. The number of carbonyl (C=O) groups excluding carboxylic acids is 1. The number of ether oxygens (including phenoxy) is 1. The van der Waals surface area contributed by atoms with E-state index in [2.05, 4.69) is 24.1 Å². The Hall–Kier alpha value is -2.36. The van der Waals surface area contributed by atoms with Crippen LogP contribution in [0.1, 0.15) is 37.2 Å². The highest BCUT2D eigenvalue weighted by atomic mass is 16.5. The second kappa shape index (κ2) is 8.17. The third-order valence-electron chi connectivity index (χ3n) is 3.17. The molecule has 22 heavy (non-hydrogen) atoms. The van der Waals surface area contributed by atoms with Gasteiger partial charge in [-0.05, 0) is 37.0 Å². The molecular formula is C18H22N2O2. The maximum Gasteiger partial charge on any atom is 0.270 e. The lowest BCUT2D eigenvalue weighted by Crippen LogP contribution is -2.25. The van der Waals surface area contributed by atoms with E-state index in [-0.39, 0.29) is 5.91 Å². The van der Waals surface area contributed by atoms with E-state index in [0.717, 1.165) is 12.8 Å². The predicted molar refractivity (Wildman–Crippen MR) is 87.2 cm³/mol. The Labute approximate surface area is 131 Å². The third-order valence-corrected chi connectivity index (χ3v) is 3.17.